The van der Waals surface area contributed by atoms with Crippen LogP contribution in [0.15, 0.2) is 78.9 Å². The van der Waals surface area contributed by atoms with Gasteiger partial charge in [0.15, 0.2) is 0 Å². The van der Waals surface area contributed by atoms with E-state index in [0.29, 0.717) is 6.54 Å². The third kappa shape index (κ3) is 3.08. The first-order valence-corrected chi connectivity index (χ1v) is 9.00. The van der Waals surface area contributed by atoms with Gasteiger partial charge < -0.3 is 10.2 Å². The second-order valence-electron chi connectivity index (χ2n) is 6.68. The minimum absolute atomic E-state index is 0.0866. The molecule has 0 radical (unpaired) electrons. The highest BCUT2D eigenvalue weighted by molar-refractivity contribution is 6.01. The first kappa shape index (κ1) is 16.4. The Labute approximate surface area is 154 Å². The molecule has 1 aliphatic heterocycles. The summed E-state index contributed by atoms with van der Waals surface area (Å²) in [7, 11) is 0. The zero-order chi connectivity index (χ0) is 17.9. The van der Waals surface area contributed by atoms with Gasteiger partial charge in [-0.2, -0.15) is 0 Å². The van der Waals surface area contributed by atoms with Crippen LogP contribution < -0.4 is 5.32 Å². The number of nitrogens with zero attached hydrogens (tertiary/aromatic N) is 1. The molecule has 3 aromatic rings. The third-order valence-corrected chi connectivity index (χ3v) is 4.99. The maximum atomic E-state index is 13.2. The molecule has 0 saturated heterocycles. The summed E-state index contributed by atoms with van der Waals surface area (Å²) in [4.78, 5) is 15.2. The molecule has 26 heavy (non-hydrogen) atoms. The molecule has 130 valence electrons. The van der Waals surface area contributed by atoms with Gasteiger partial charge in [0.2, 0.25) is 0 Å². The molecule has 0 fully saturated rings. The number of amides is 1. The lowest BCUT2D eigenvalue weighted by Crippen LogP contribution is -2.44. The molecular formula is C23H22N2O. The molecule has 1 heterocycles. The number of carbonyl (C=O) groups is 1. The number of nitrogens with one attached hydrogen (secondary N) is 1. The molecule has 0 saturated carbocycles. The molecule has 3 heteroatoms. The van der Waals surface area contributed by atoms with Crippen LogP contribution in [-0.2, 0) is 6.42 Å². The molecule has 3 nitrogen and oxygen atoms in total. The van der Waals surface area contributed by atoms with Crippen LogP contribution in [0.4, 0.5) is 5.69 Å². The molecule has 0 aromatic heterocycles. The lowest BCUT2D eigenvalue weighted by Gasteiger charge is -2.39. The Hall–Kier alpha value is -3.07. The summed E-state index contributed by atoms with van der Waals surface area (Å²) in [6.45, 7) is 2.76. The van der Waals surface area contributed by atoms with Crippen LogP contribution in [-0.4, -0.2) is 17.4 Å². The molecule has 1 aliphatic rings. The van der Waals surface area contributed by atoms with Crippen molar-refractivity contribution >= 4 is 11.6 Å². The second kappa shape index (κ2) is 7.04. The van der Waals surface area contributed by atoms with Crippen molar-refractivity contribution in [3.63, 3.8) is 0 Å². The van der Waals surface area contributed by atoms with Crippen LogP contribution in [0.1, 0.15) is 33.2 Å². The van der Waals surface area contributed by atoms with Crippen LogP contribution in [0.25, 0.3) is 0 Å². The van der Waals surface area contributed by atoms with Gasteiger partial charge in [-0.25, -0.2) is 0 Å². The Morgan fingerprint density at radius 2 is 1.58 bits per heavy atom. The van der Waals surface area contributed by atoms with Crippen LogP contribution in [0, 0.1) is 6.92 Å². The Bertz CT molecular complexity index is 920. The SMILES string of the molecule is Cc1ccccc1C1Nc2ccccc2C(=O)N1CCc1ccccc1. The van der Waals surface area contributed by atoms with Gasteiger partial charge in [-0.3, -0.25) is 4.79 Å². The van der Waals surface area contributed by atoms with E-state index in [2.05, 4.69) is 36.5 Å². The molecule has 0 aliphatic carbocycles. The molecule has 1 unspecified atom stereocenters. The van der Waals surface area contributed by atoms with Gasteiger partial charge in [0.05, 0.1) is 5.56 Å². The standard InChI is InChI=1S/C23H22N2O/c1-17-9-5-6-12-19(17)22-24-21-14-8-7-13-20(21)23(26)25(22)16-15-18-10-3-2-4-11-18/h2-14,22,24H,15-16H2,1H3. The summed E-state index contributed by atoms with van der Waals surface area (Å²) in [5.74, 6) is 0.0866. The van der Waals surface area contributed by atoms with E-state index in [1.807, 2.05) is 59.5 Å². The number of carbonyl (C=O) groups excluding carboxylic acids is 1. The monoisotopic (exact) mass is 342 g/mol. The van der Waals surface area contributed by atoms with Gasteiger partial charge in [0.1, 0.15) is 6.17 Å². The third-order valence-electron chi connectivity index (χ3n) is 4.99. The number of fused-ring (bicyclic) bond motifs is 1. The summed E-state index contributed by atoms with van der Waals surface area (Å²) in [6.07, 6.45) is 0.682. The Kier molecular flexibility index (Phi) is 4.44. The van der Waals surface area contributed by atoms with Crippen LogP contribution in [0.2, 0.25) is 0 Å². The molecule has 0 spiro atoms. The molecular weight excluding hydrogens is 320 g/mol. The van der Waals surface area contributed by atoms with E-state index >= 15 is 0 Å². The van der Waals surface area contributed by atoms with E-state index in [-0.39, 0.29) is 12.1 Å². The number of rotatable bonds is 4. The maximum absolute atomic E-state index is 13.2. The Morgan fingerprint density at radius 1 is 0.885 bits per heavy atom. The average molecular weight is 342 g/mol. The van der Waals surface area contributed by atoms with E-state index < -0.39 is 0 Å². The van der Waals surface area contributed by atoms with Gasteiger partial charge in [-0.1, -0.05) is 66.7 Å². The minimum Gasteiger partial charge on any atom is -0.361 e. The normalized spacial score (nSPS) is 16.1. The number of hydrogen-bond acceptors (Lipinski definition) is 2. The fourth-order valence-electron chi connectivity index (χ4n) is 3.56. The zero-order valence-electron chi connectivity index (χ0n) is 14.9. The van der Waals surface area contributed by atoms with Crippen molar-refractivity contribution in [2.75, 3.05) is 11.9 Å². The van der Waals surface area contributed by atoms with Crippen molar-refractivity contribution in [3.8, 4) is 0 Å². The van der Waals surface area contributed by atoms with E-state index in [0.717, 1.165) is 23.2 Å². The highest BCUT2D eigenvalue weighted by atomic mass is 16.2. The van der Waals surface area contributed by atoms with Gasteiger partial charge in [-0.15, -0.1) is 0 Å². The smallest absolute Gasteiger partial charge is 0.257 e. The molecule has 3 aromatic carbocycles. The van der Waals surface area contributed by atoms with Crippen molar-refractivity contribution in [2.24, 2.45) is 0 Å². The summed E-state index contributed by atoms with van der Waals surface area (Å²) in [5, 5.41) is 3.58. The molecule has 0 bridgehead atoms. The minimum atomic E-state index is -0.151. The summed E-state index contributed by atoms with van der Waals surface area (Å²) in [6, 6.07) is 26.3. The van der Waals surface area contributed by atoms with Crippen molar-refractivity contribution in [1.29, 1.82) is 0 Å². The van der Waals surface area contributed by atoms with Gasteiger partial charge in [-0.05, 0) is 42.2 Å². The van der Waals surface area contributed by atoms with Crippen LogP contribution in [0.3, 0.4) is 0 Å². The molecule has 1 amide bonds. The number of para-hydroxylation sites is 1. The van der Waals surface area contributed by atoms with Gasteiger partial charge in [0, 0.05) is 12.2 Å². The number of anilines is 1. The van der Waals surface area contributed by atoms with E-state index in [4.69, 9.17) is 0 Å². The Morgan fingerprint density at radius 3 is 2.38 bits per heavy atom. The van der Waals surface area contributed by atoms with Crippen LogP contribution in [0.5, 0.6) is 0 Å². The predicted octanol–water partition coefficient (Wildman–Crippen LogP) is 4.80. The number of hydrogen-bond donors (Lipinski definition) is 1. The van der Waals surface area contributed by atoms with Crippen molar-refractivity contribution < 1.29 is 4.79 Å². The highest BCUT2D eigenvalue weighted by Gasteiger charge is 2.32. The van der Waals surface area contributed by atoms with E-state index in [1.54, 1.807) is 0 Å². The van der Waals surface area contributed by atoms with Crippen molar-refractivity contribution in [3.05, 3.63) is 101 Å². The predicted molar refractivity (Wildman–Crippen MR) is 105 cm³/mol. The average Bonchev–Trinajstić information content (AvgIpc) is 2.68. The first-order chi connectivity index (χ1) is 12.7. The summed E-state index contributed by atoms with van der Waals surface area (Å²) >= 11 is 0. The van der Waals surface area contributed by atoms with Crippen molar-refractivity contribution in [2.45, 2.75) is 19.5 Å². The fourth-order valence-corrected chi connectivity index (χ4v) is 3.56. The van der Waals surface area contributed by atoms with Gasteiger partial charge in [0.25, 0.3) is 5.91 Å². The first-order valence-electron chi connectivity index (χ1n) is 9.00. The largest absolute Gasteiger partial charge is 0.361 e. The molecule has 1 N–H and O–H groups in total. The maximum Gasteiger partial charge on any atom is 0.257 e. The molecule has 1 atom stereocenters. The van der Waals surface area contributed by atoms with Crippen molar-refractivity contribution in [1.82, 2.24) is 4.90 Å². The topological polar surface area (TPSA) is 32.3 Å². The lowest BCUT2D eigenvalue weighted by atomic mass is 9.99. The van der Waals surface area contributed by atoms with Crippen LogP contribution >= 0.6 is 0 Å². The quantitative estimate of drug-likeness (QED) is 0.738. The Balaban J connectivity index is 1.69. The summed E-state index contributed by atoms with van der Waals surface area (Å²) < 4.78 is 0. The number of aryl methyl sites for hydroxylation is 1. The molecule has 4 rings (SSSR count). The number of benzene rings is 3. The highest BCUT2D eigenvalue weighted by Crippen LogP contribution is 2.34. The van der Waals surface area contributed by atoms with Gasteiger partial charge >= 0.3 is 0 Å². The van der Waals surface area contributed by atoms with E-state index in [1.165, 1.54) is 11.1 Å². The fraction of sp³-hybridized carbons (Fsp3) is 0.174. The summed E-state index contributed by atoms with van der Waals surface area (Å²) in [5.41, 5.74) is 5.21. The second-order valence-corrected chi connectivity index (χ2v) is 6.68. The zero-order valence-corrected chi connectivity index (χ0v) is 14.9. The van der Waals surface area contributed by atoms with E-state index in [9.17, 15) is 4.79 Å². The lowest BCUT2D eigenvalue weighted by molar-refractivity contribution is 0.0685.